The van der Waals surface area contributed by atoms with Crippen LogP contribution < -0.4 is 0 Å². The number of esters is 1. The molecule has 0 aromatic rings. The lowest BCUT2D eigenvalue weighted by Crippen LogP contribution is -2.05. The molecule has 14 heavy (non-hydrogen) atoms. The molecule has 1 atom stereocenters. The van der Waals surface area contributed by atoms with Crippen LogP contribution in [0.5, 0.6) is 0 Å². The van der Waals surface area contributed by atoms with Gasteiger partial charge >= 0.3 is 5.97 Å². The zero-order valence-corrected chi connectivity index (χ0v) is 9.29. The Balaban J connectivity index is 3.17. The highest BCUT2D eigenvalue weighted by Crippen LogP contribution is 2.08. The second-order valence-corrected chi connectivity index (χ2v) is 3.47. The molecule has 0 heterocycles. The minimum atomic E-state index is -0.169. The average Bonchev–Trinajstić information content (AvgIpc) is 2.17. The van der Waals surface area contributed by atoms with Gasteiger partial charge in [-0.2, -0.15) is 0 Å². The molecule has 0 fully saturated rings. The van der Waals surface area contributed by atoms with Gasteiger partial charge in [0.1, 0.15) is 0 Å². The minimum Gasteiger partial charge on any atom is -0.466 e. The van der Waals surface area contributed by atoms with Crippen molar-refractivity contribution in [1.82, 2.24) is 0 Å². The number of hydrogen-bond acceptors (Lipinski definition) is 3. The number of unbranched alkanes of at least 4 members (excludes halogenated alkanes) is 2. The van der Waals surface area contributed by atoms with Crippen molar-refractivity contribution < 1.29 is 14.6 Å². The van der Waals surface area contributed by atoms with Crippen LogP contribution in [0.3, 0.4) is 0 Å². The van der Waals surface area contributed by atoms with Gasteiger partial charge < -0.3 is 9.84 Å². The van der Waals surface area contributed by atoms with E-state index in [-0.39, 0.29) is 12.1 Å². The van der Waals surface area contributed by atoms with Crippen LogP contribution in [0.2, 0.25) is 0 Å². The average molecular weight is 202 g/mol. The van der Waals surface area contributed by atoms with Crippen molar-refractivity contribution in [2.45, 2.75) is 58.5 Å². The Labute approximate surface area is 86.5 Å². The van der Waals surface area contributed by atoms with Gasteiger partial charge in [0.05, 0.1) is 12.7 Å². The number of hydrogen-bond donors (Lipinski definition) is 1. The van der Waals surface area contributed by atoms with Gasteiger partial charge in [-0.25, -0.2) is 0 Å². The van der Waals surface area contributed by atoms with Crippen LogP contribution in [-0.4, -0.2) is 23.8 Å². The third-order valence-corrected chi connectivity index (χ3v) is 2.19. The van der Waals surface area contributed by atoms with Crippen LogP contribution in [0.1, 0.15) is 52.4 Å². The van der Waals surface area contributed by atoms with Gasteiger partial charge in [-0.15, -0.1) is 0 Å². The van der Waals surface area contributed by atoms with Gasteiger partial charge in [0, 0.05) is 6.42 Å². The lowest BCUT2D eigenvalue weighted by atomic mass is 10.1. The van der Waals surface area contributed by atoms with Crippen LogP contribution in [-0.2, 0) is 9.53 Å². The number of carbonyl (C=O) groups is 1. The molecule has 0 radical (unpaired) electrons. The summed E-state index contributed by atoms with van der Waals surface area (Å²) in [6, 6.07) is 0. The van der Waals surface area contributed by atoms with Crippen molar-refractivity contribution in [3.8, 4) is 0 Å². The zero-order chi connectivity index (χ0) is 10.8. The van der Waals surface area contributed by atoms with Crippen molar-refractivity contribution in [1.29, 1.82) is 0 Å². The van der Waals surface area contributed by atoms with Crippen LogP contribution in [0.15, 0.2) is 0 Å². The maximum absolute atomic E-state index is 10.9. The van der Waals surface area contributed by atoms with Crippen LogP contribution in [0.4, 0.5) is 0 Å². The molecule has 0 saturated heterocycles. The van der Waals surface area contributed by atoms with Gasteiger partial charge in [0.15, 0.2) is 0 Å². The summed E-state index contributed by atoms with van der Waals surface area (Å²) in [4.78, 5) is 10.9. The third kappa shape index (κ3) is 8.05. The molecule has 0 unspecified atom stereocenters. The summed E-state index contributed by atoms with van der Waals surface area (Å²) in [6.45, 7) is 4.26. The van der Waals surface area contributed by atoms with E-state index in [9.17, 15) is 9.90 Å². The second kappa shape index (κ2) is 9.00. The molecule has 1 N–H and O–H groups in total. The fourth-order valence-electron chi connectivity index (χ4n) is 1.26. The maximum atomic E-state index is 10.9. The van der Waals surface area contributed by atoms with Crippen molar-refractivity contribution in [3.63, 3.8) is 0 Å². The summed E-state index contributed by atoms with van der Waals surface area (Å²) in [7, 11) is 0. The van der Waals surface area contributed by atoms with Gasteiger partial charge in [0.25, 0.3) is 0 Å². The number of aliphatic hydroxyl groups is 1. The highest BCUT2D eigenvalue weighted by molar-refractivity contribution is 5.69. The Morgan fingerprint density at radius 3 is 2.57 bits per heavy atom. The Morgan fingerprint density at radius 1 is 1.29 bits per heavy atom. The summed E-state index contributed by atoms with van der Waals surface area (Å²) in [5.41, 5.74) is 0. The van der Waals surface area contributed by atoms with Gasteiger partial charge in [-0.3, -0.25) is 4.79 Å². The van der Waals surface area contributed by atoms with Gasteiger partial charge in [-0.1, -0.05) is 19.8 Å². The summed E-state index contributed by atoms with van der Waals surface area (Å²) in [5, 5.41) is 9.26. The molecule has 0 aliphatic rings. The topological polar surface area (TPSA) is 46.5 Å². The van der Waals surface area contributed by atoms with E-state index in [2.05, 4.69) is 0 Å². The second-order valence-electron chi connectivity index (χ2n) is 3.47. The minimum absolute atomic E-state index is 0.108. The Kier molecular flexibility index (Phi) is 8.64. The molecule has 0 spiro atoms. The molecule has 0 amide bonds. The van der Waals surface area contributed by atoms with Crippen molar-refractivity contribution >= 4 is 5.97 Å². The zero-order valence-electron chi connectivity index (χ0n) is 9.29. The molecule has 3 nitrogen and oxygen atoms in total. The van der Waals surface area contributed by atoms with Crippen molar-refractivity contribution in [2.75, 3.05) is 6.61 Å². The van der Waals surface area contributed by atoms with E-state index in [0.717, 1.165) is 32.1 Å². The van der Waals surface area contributed by atoms with E-state index in [1.165, 1.54) is 0 Å². The molecular formula is C11H22O3. The standard InChI is InChI=1S/C11H22O3/c1-3-10(12)8-6-5-7-9-11(13)14-4-2/h10,12H,3-9H2,1-2H3/t10-/m0/s1. The largest absolute Gasteiger partial charge is 0.466 e. The number of aliphatic hydroxyl groups excluding tert-OH is 1. The number of ether oxygens (including phenoxy) is 1. The van der Waals surface area contributed by atoms with E-state index in [0.29, 0.717) is 13.0 Å². The Morgan fingerprint density at radius 2 is 2.00 bits per heavy atom. The first-order chi connectivity index (χ1) is 6.70. The van der Waals surface area contributed by atoms with E-state index < -0.39 is 0 Å². The Bertz CT molecular complexity index is 145. The van der Waals surface area contributed by atoms with Crippen LogP contribution in [0.25, 0.3) is 0 Å². The molecular weight excluding hydrogens is 180 g/mol. The summed E-state index contributed by atoms with van der Waals surface area (Å²) in [6.07, 6.45) is 4.87. The first-order valence-corrected chi connectivity index (χ1v) is 5.54. The molecule has 84 valence electrons. The fraction of sp³-hybridized carbons (Fsp3) is 0.909. The number of carbonyl (C=O) groups excluding carboxylic acids is 1. The summed E-state index contributed by atoms with van der Waals surface area (Å²) < 4.78 is 4.80. The SMILES string of the molecule is CCOC(=O)CCCCC[C@@H](O)CC. The lowest BCUT2D eigenvalue weighted by Gasteiger charge is -2.06. The molecule has 0 aliphatic carbocycles. The first kappa shape index (κ1) is 13.4. The summed E-state index contributed by atoms with van der Waals surface area (Å²) in [5.74, 6) is -0.108. The van der Waals surface area contributed by atoms with E-state index in [4.69, 9.17) is 4.74 Å². The monoisotopic (exact) mass is 202 g/mol. The molecule has 0 aromatic heterocycles. The Hall–Kier alpha value is -0.570. The van der Waals surface area contributed by atoms with E-state index >= 15 is 0 Å². The first-order valence-electron chi connectivity index (χ1n) is 5.54. The third-order valence-electron chi connectivity index (χ3n) is 2.19. The molecule has 0 aliphatic heterocycles. The summed E-state index contributed by atoms with van der Waals surface area (Å²) >= 11 is 0. The quantitative estimate of drug-likeness (QED) is 0.485. The molecule has 0 saturated carbocycles. The molecule has 0 rings (SSSR count). The van der Waals surface area contributed by atoms with Gasteiger partial charge in [-0.05, 0) is 26.2 Å². The van der Waals surface area contributed by atoms with Crippen molar-refractivity contribution in [3.05, 3.63) is 0 Å². The molecule has 0 bridgehead atoms. The van der Waals surface area contributed by atoms with E-state index in [1.807, 2.05) is 13.8 Å². The number of rotatable bonds is 8. The van der Waals surface area contributed by atoms with Gasteiger partial charge in [0.2, 0.25) is 0 Å². The lowest BCUT2D eigenvalue weighted by molar-refractivity contribution is -0.143. The van der Waals surface area contributed by atoms with Crippen molar-refractivity contribution in [2.24, 2.45) is 0 Å². The fourth-order valence-corrected chi connectivity index (χ4v) is 1.26. The molecule has 3 heteroatoms. The maximum Gasteiger partial charge on any atom is 0.305 e. The smallest absolute Gasteiger partial charge is 0.305 e. The normalized spacial score (nSPS) is 12.5. The highest BCUT2D eigenvalue weighted by Gasteiger charge is 2.02. The predicted octanol–water partition coefficient (Wildman–Crippen LogP) is 2.27. The highest BCUT2D eigenvalue weighted by atomic mass is 16.5. The van der Waals surface area contributed by atoms with E-state index in [1.54, 1.807) is 0 Å². The van der Waals surface area contributed by atoms with Crippen LogP contribution >= 0.6 is 0 Å². The molecule has 0 aromatic carbocycles. The van der Waals surface area contributed by atoms with Crippen LogP contribution in [0, 0.1) is 0 Å². The predicted molar refractivity (Wildman–Crippen MR) is 56.0 cm³/mol.